The van der Waals surface area contributed by atoms with E-state index in [2.05, 4.69) is 19.2 Å². The third-order valence-electron chi connectivity index (χ3n) is 3.75. The van der Waals surface area contributed by atoms with Crippen LogP contribution in [0, 0.1) is 11.8 Å². The van der Waals surface area contributed by atoms with Crippen molar-refractivity contribution in [1.29, 1.82) is 0 Å². The fourth-order valence-corrected chi connectivity index (χ4v) is 2.31. The Morgan fingerprint density at radius 2 is 1.85 bits per heavy atom. The van der Waals surface area contributed by atoms with E-state index >= 15 is 0 Å². The maximum absolute atomic E-state index is 12.1. The smallest absolute Gasteiger partial charge is 0.337 e. The summed E-state index contributed by atoms with van der Waals surface area (Å²) in [6.07, 6.45) is 0. The van der Waals surface area contributed by atoms with Crippen LogP contribution in [0.4, 0.5) is 10.5 Å². The molecule has 0 saturated carbocycles. The summed E-state index contributed by atoms with van der Waals surface area (Å²) in [6.45, 7) is 5.49. The third kappa shape index (κ3) is 2.84. The number of carboxylic acid groups (broad SMARTS) is 1. The lowest BCUT2D eigenvalue weighted by molar-refractivity contribution is 0.0697. The highest BCUT2D eigenvalue weighted by Crippen LogP contribution is 2.25. The normalized spacial score (nSPS) is 21.8. The molecule has 1 aliphatic rings. The average molecular weight is 278 g/mol. The molecular weight excluding hydrogens is 260 g/mol. The van der Waals surface area contributed by atoms with Gasteiger partial charge in [0.1, 0.15) is 5.75 Å². The summed E-state index contributed by atoms with van der Waals surface area (Å²) in [5.41, 5.74) is 0.0613. The molecule has 0 radical (unpaired) electrons. The predicted molar refractivity (Wildman–Crippen MR) is 74.0 cm³/mol. The van der Waals surface area contributed by atoms with E-state index in [0.29, 0.717) is 24.9 Å². The summed E-state index contributed by atoms with van der Waals surface area (Å²) in [5, 5.41) is 21.0. The Balaban J connectivity index is 2.14. The minimum absolute atomic E-state index is 0.126. The number of urea groups is 1. The van der Waals surface area contributed by atoms with Crippen molar-refractivity contribution in [3.63, 3.8) is 0 Å². The Kier molecular flexibility index (Phi) is 3.83. The van der Waals surface area contributed by atoms with Crippen molar-refractivity contribution in [2.24, 2.45) is 11.8 Å². The number of anilines is 1. The molecule has 1 aromatic rings. The molecule has 0 spiro atoms. The molecule has 2 unspecified atom stereocenters. The predicted octanol–water partition coefficient (Wildman–Crippen LogP) is 2.21. The second-order valence-electron chi connectivity index (χ2n) is 5.32. The topological polar surface area (TPSA) is 89.9 Å². The quantitative estimate of drug-likeness (QED) is 0.723. The van der Waals surface area contributed by atoms with Gasteiger partial charge in [0.2, 0.25) is 0 Å². The van der Waals surface area contributed by atoms with Crippen LogP contribution in [-0.2, 0) is 0 Å². The van der Waals surface area contributed by atoms with Gasteiger partial charge in [-0.2, -0.15) is 0 Å². The van der Waals surface area contributed by atoms with E-state index in [0.717, 1.165) is 6.07 Å². The molecule has 1 fully saturated rings. The Hall–Kier alpha value is -2.24. The van der Waals surface area contributed by atoms with E-state index < -0.39 is 5.97 Å². The van der Waals surface area contributed by atoms with Crippen LogP contribution < -0.4 is 5.32 Å². The summed E-state index contributed by atoms with van der Waals surface area (Å²) in [6, 6.07) is 3.54. The van der Waals surface area contributed by atoms with Gasteiger partial charge in [0.15, 0.2) is 0 Å². The van der Waals surface area contributed by atoms with E-state index in [1.807, 2.05) is 0 Å². The zero-order chi connectivity index (χ0) is 14.9. The fraction of sp³-hybridized carbons (Fsp3) is 0.429. The molecule has 1 saturated heterocycles. The number of phenolic OH excluding ortho intramolecular Hbond substituents is 1. The SMILES string of the molecule is CC1CN(C(=O)Nc2ccc(O)cc2C(=O)O)CC1C. The highest BCUT2D eigenvalue weighted by Gasteiger charge is 2.29. The molecule has 0 bridgehead atoms. The number of benzene rings is 1. The third-order valence-corrected chi connectivity index (χ3v) is 3.75. The number of hydrogen-bond donors (Lipinski definition) is 3. The van der Waals surface area contributed by atoms with E-state index in [1.54, 1.807) is 4.90 Å². The van der Waals surface area contributed by atoms with E-state index in [1.165, 1.54) is 12.1 Å². The van der Waals surface area contributed by atoms with E-state index in [4.69, 9.17) is 5.11 Å². The first-order valence-electron chi connectivity index (χ1n) is 6.50. The second-order valence-corrected chi connectivity index (χ2v) is 5.32. The van der Waals surface area contributed by atoms with Crippen molar-refractivity contribution < 1.29 is 19.8 Å². The molecule has 6 nitrogen and oxygen atoms in total. The minimum Gasteiger partial charge on any atom is -0.508 e. The van der Waals surface area contributed by atoms with Crippen molar-refractivity contribution in [3.8, 4) is 5.75 Å². The summed E-state index contributed by atoms with van der Waals surface area (Å²) >= 11 is 0. The van der Waals surface area contributed by atoms with Gasteiger partial charge < -0.3 is 20.4 Å². The fourth-order valence-electron chi connectivity index (χ4n) is 2.31. The molecule has 1 aliphatic heterocycles. The average Bonchev–Trinajstić information content (AvgIpc) is 2.71. The molecule has 20 heavy (non-hydrogen) atoms. The molecule has 6 heteroatoms. The first-order chi connectivity index (χ1) is 9.38. The van der Waals surface area contributed by atoms with Gasteiger partial charge in [0.05, 0.1) is 11.3 Å². The zero-order valence-corrected chi connectivity index (χ0v) is 11.5. The van der Waals surface area contributed by atoms with Gasteiger partial charge >= 0.3 is 12.0 Å². The maximum Gasteiger partial charge on any atom is 0.337 e. The Morgan fingerprint density at radius 3 is 2.40 bits per heavy atom. The molecule has 0 aliphatic carbocycles. The lowest BCUT2D eigenvalue weighted by Gasteiger charge is -2.18. The summed E-state index contributed by atoms with van der Waals surface area (Å²) in [5.74, 6) is -0.484. The number of phenols is 1. The Bertz CT molecular complexity index is 534. The summed E-state index contributed by atoms with van der Waals surface area (Å²) < 4.78 is 0. The monoisotopic (exact) mass is 278 g/mol. The minimum atomic E-state index is -1.20. The molecule has 108 valence electrons. The molecule has 0 aromatic heterocycles. The second kappa shape index (κ2) is 5.40. The number of aromatic carboxylic acids is 1. The van der Waals surface area contributed by atoms with Crippen LogP contribution >= 0.6 is 0 Å². The molecule has 1 heterocycles. The number of carbonyl (C=O) groups is 2. The number of likely N-dealkylation sites (tertiary alicyclic amines) is 1. The van der Waals surface area contributed by atoms with Crippen molar-refractivity contribution >= 4 is 17.7 Å². The first kappa shape index (κ1) is 14.2. The number of carbonyl (C=O) groups excluding carboxylic acids is 1. The number of amides is 2. The van der Waals surface area contributed by atoms with Crippen molar-refractivity contribution in [2.45, 2.75) is 13.8 Å². The van der Waals surface area contributed by atoms with Crippen molar-refractivity contribution in [1.82, 2.24) is 4.90 Å². The standard InChI is InChI=1S/C14H18N2O4/c1-8-6-16(7-9(8)2)14(20)15-12-4-3-10(17)5-11(12)13(18)19/h3-5,8-9,17H,6-7H2,1-2H3,(H,15,20)(H,18,19). The van der Waals surface area contributed by atoms with Crippen LogP contribution in [0.3, 0.4) is 0 Å². The van der Waals surface area contributed by atoms with Crippen LogP contribution in [0.25, 0.3) is 0 Å². The highest BCUT2D eigenvalue weighted by molar-refractivity contribution is 6.00. The van der Waals surface area contributed by atoms with Crippen molar-refractivity contribution in [3.05, 3.63) is 23.8 Å². The van der Waals surface area contributed by atoms with Gasteiger partial charge in [-0.25, -0.2) is 9.59 Å². The van der Waals surface area contributed by atoms with E-state index in [-0.39, 0.29) is 23.0 Å². The molecule has 2 rings (SSSR count). The van der Waals surface area contributed by atoms with Crippen LogP contribution in [0.1, 0.15) is 24.2 Å². The first-order valence-corrected chi connectivity index (χ1v) is 6.50. The van der Waals surface area contributed by atoms with Gasteiger partial charge in [0, 0.05) is 13.1 Å². The molecule has 3 N–H and O–H groups in total. The number of aromatic hydroxyl groups is 1. The largest absolute Gasteiger partial charge is 0.508 e. The Labute approximate surface area is 117 Å². The van der Waals surface area contributed by atoms with Crippen LogP contribution in [0.5, 0.6) is 5.75 Å². The number of rotatable bonds is 2. The summed E-state index contributed by atoms with van der Waals surface area (Å²) in [7, 11) is 0. The molecule has 1 aromatic carbocycles. The number of nitrogens with one attached hydrogen (secondary N) is 1. The van der Waals surface area contributed by atoms with Gasteiger partial charge in [-0.1, -0.05) is 13.8 Å². The lowest BCUT2D eigenvalue weighted by atomic mass is 10.0. The number of carboxylic acids is 1. The molecule has 2 atom stereocenters. The summed E-state index contributed by atoms with van der Waals surface area (Å²) in [4.78, 5) is 24.9. The van der Waals surface area contributed by atoms with Crippen LogP contribution in [0.15, 0.2) is 18.2 Å². The lowest BCUT2D eigenvalue weighted by Crippen LogP contribution is -2.33. The Morgan fingerprint density at radius 1 is 1.25 bits per heavy atom. The number of hydrogen-bond acceptors (Lipinski definition) is 3. The van der Waals surface area contributed by atoms with Gasteiger partial charge in [-0.15, -0.1) is 0 Å². The van der Waals surface area contributed by atoms with Gasteiger partial charge in [-0.05, 0) is 30.0 Å². The van der Waals surface area contributed by atoms with E-state index in [9.17, 15) is 14.7 Å². The zero-order valence-electron chi connectivity index (χ0n) is 11.5. The molecular formula is C14H18N2O4. The van der Waals surface area contributed by atoms with Crippen molar-refractivity contribution in [2.75, 3.05) is 18.4 Å². The van der Waals surface area contributed by atoms with Gasteiger partial charge in [-0.3, -0.25) is 0 Å². The van der Waals surface area contributed by atoms with Crippen LogP contribution in [-0.4, -0.2) is 40.2 Å². The van der Waals surface area contributed by atoms with Gasteiger partial charge in [0.25, 0.3) is 0 Å². The van der Waals surface area contributed by atoms with Crippen LogP contribution in [0.2, 0.25) is 0 Å². The maximum atomic E-state index is 12.1. The highest BCUT2D eigenvalue weighted by atomic mass is 16.4. The molecule has 2 amide bonds. The number of nitrogens with zero attached hydrogens (tertiary/aromatic N) is 1.